The van der Waals surface area contributed by atoms with Gasteiger partial charge >= 0.3 is 0 Å². The number of amidine groups is 1. The molecular formula is C63H49N5. The van der Waals surface area contributed by atoms with Crippen LogP contribution in [0.2, 0.25) is 0 Å². The number of benzene rings is 9. The van der Waals surface area contributed by atoms with Gasteiger partial charge < -0.3 is 0 Å². The molecule has 10 aromatic rings. The second-order valence-electron chi connectivity index (χ2n) is 17.3. The predicted molar refractivity (Wildman–Crippen MR) is 283 cm³/mol. The van der Waals surface area contributed by atoms with Crippen molar-refractivity contribution in [2.24, 2.45) is 9.98 Å². The van der Waals surface area contributed by atoms with Crippen LogP contribution in [0.4, 0.5) is 0 Å². The van der Waals surface area contributed by atoms with Crippen molar-refractivity contribution < 1.29 is 0 Å². The van der Waals surface area contributed by atoms with Crippen molar-refractivity contribution in [2.45, 2.75) is 26.3 Å². The SMILES string of the molecule is CC(=NC(=NC(C)(C)c1ccccc1)c1ccccc1)c1ccc(-c2c(-c3ccccc3)cc(-c3cccc(-c4nc(-c5ccccc5)nc(-c5ccccc5)n4)c3)cc2-c2ccccc2)cc1. The Balaban J connectivity index is 1.08. The van der Waals surface area contributed by atoms with Crippen molar-refractivity contribution in [2.75, 3.05) is 0 Å². The van der Waals surface area contributed by atoms with Gasteiger partial charge in [0.1, 0.15) is 0 Å². The van der Waals surface area contributed by atoms with Crippen molar-refractivity contribution in [1.82, 2.24) is 15.0 Å². The molecule has 0 radical (unpaired) electrons. The second-order valence-corrected chi connectivity index (χ2v) is 17.3. The molecule has 0 unspecified atom stereocenters. The summed E-state index contributed by atoms with van der Waals surface area (Å²) >= 11 is 0. The first-order chi connectivity index (χ1) is 33.4. The lowest BCUT2D eigenvalue weighted by molar-refractivity contribution is 0.558. The first-order valence-corrected chi connectivity index (χ1v) is 23.0. The van der Waals surface area contributed by atoms with Gasteiger partial charge in [0, 0.05) is 28.0 Å². The highest BCUT2D eigenvalue weighted by Crippen LogP contribution is 2.44. The highest BCUT2D eigenvalue weighted by molar-refractivity contribution is 6.12. The molecule has 68 heavy (non-hydrogen) atoms. The highest BCUT2D eigenvalue weighted by Gasteiger charge is 2.22. The van der Waals surface area contributed by atoms with E-state index < -0.39 is 5.54 Å². The van der Waals surface area contributed by atoms with E-state index in [1.807, 2.05) is 84.9 Å². The van der Waals surface area contributed by atoms with E-state index in [1.165, 1.54) is 0 Å². The summed E-state index contributed by atoms with van der Waals surface area (Å²) in [6, 6.07) is 84.2. The minimum Gasteiger partial charge on any atom is -0.255 e. The Kier molecular flexibility index (Phi) is 12.4. The molecule has 326 valence electrons. The maximum absolute atomic E-state index is 5.28. The summed E-state index contributed by atoms with van der Waals surface area (Å²) in [5.41, 5.74) is 15.2. The Bertz CT molecular complexity index is 3250. The molecule has 0 saturated heterocycles. The first kappa shape index (κ1) is 43.2. The summed E-state index contributed by atoms with van der Waals surface area (Å²) in [6.45, 7) is 6.35. The van der Waals surface area contributed by atoms with Crippen LogP contribution in [0.15, 0.2) is 253 Å². The Morgan fingerprint density at radius 2 is 0.765 bits per heavy atom. The van der Waals surface area contributed by atoms with Gasteiger partial charge in [0.2, 0.25) is 0 Å². The third-order valence-electron chi connectivity index (χ3n) is 12.2. The minimum atomic E-state index is -0.486. The number of nitrogens with zero attached hydrogens (tertiary/aromatic N) is 5. The van der Waals surface area contributed by atoms with E-state index in [2.05, 4.69) is 178 Å². The van der Waals surface area contributed by atoms with Gasteiger partial charge in [0.15, 0.2) is 23.3 Å². The molecule has 0 fully saturated rings. The lowest BCUT2D eigenvalue weighted by Crippen LogP contribution is -2.17. The molecule has 0 spiro atoms. The van der Waals surface area contributed by atoms with E-state index in [4.69, 9.17) is 24.9 Å². The van der Waals surface area contributed by atoms with Gasteiger partial charge in [0.25, 0.3) is 0 Å². The van der Waals surface area contributed by atoms with Crippen LogP contribution in [0.3, 0.4) is 0 Å². The maximum Gasteiger partial charge on any atom is 0.164 e. The highest BCUT2D eigenvalue weighted by atomic mass is 15.0. The van der Waals surface area contributed by atoms with Gasteiger partial charge in [-0.25, -0.2) is 19.9 Å². The molecule has 0 bridgehead atoms. The Morgan fingerprint density at radius 1 is 0.353 bits per heavy atom. The molecule has 0 aliphatic heterocycles. The van der Waals surface area contributed by atoms with Gasteiger partial charge in [-0.2, -0.15) is 0 Å². The lowest BCUT2D eigenvalue weighted by Gasteiger charge is -2.22. The van der Waals surface area contributed by atoms with Crippen molar-refractivity contribution in [3.8, 4) is 78.7 Å². The van der Waals surface area contributed by atoms with Crippen molar-refractivity contribution in [3.63, 3.8) is 0 Å². The van der Waals surface area contributed by atoms with Gasteiger partial charge in [-0.1, -0.05) is 224 Å². The van der Waals surface area contributed by atoms with Gasteiger partial charge in [-0.3, -0.25) is 4.99 Å². The molecular weight excluding hydrogens is 827 g/mol. The molecule has 0 saturated carbocycles. The van der Waals surface area contributed by atoms with E-state index in [9.17, 15) is 0 Å². The third kappa shape index (κ3) is 9.51. The van der Waals surface area contributed by atoms with Crippen molar-refractivity contribution >= 4 is 11.5 Å². The summed E-state index contributed by atoms with van der Waals surface area (Å²) in [5, 5.41) is 0. The Labute approximate surface area is 399 Å². The van der Waals surface area contributed by atoms with Crippen LogP contribution >= 0.6 is 0 Å². The van der Waals surface area contributed by atoms with Crippen LogP contribution in [0.5, 0.6) is 0 Å². The van der Waals surface area contributed by atoms with Gasteiger partial charge in [-0.15, -0.1) is 0 Å². The first-order valence-electron chi connectivity index (χ1n) is 23.0. The predicted octanol–water partition coefficient (Wildman–Crippen LogP) is 15.7. The van der Waals surface area contributed by atoms with E-state index in [1.54, 1.807) is 0 Å². The monoisotopic (exact) mass is 875 g/mol. The zero-order valence-electron chi connectivity index (χ0n) is 38.3. The molecule has 1 heterocycles. The quantitative estimate of drug-likeness (QED) is 0.0960. The fourth-order valence-electron chi connectivity index (χ4n) is 8.60. The summed E-state index contributed by atoms with van der Waals surface area (Å²) in [7, 11) is 0. The number of hydrogen-bond donors (Lipinski definition) is 0. The van der Waals surface area contributed by atoms with Crippen molar-refractivity contribution in [3.05, 3.63) is 259 Å². The van der Waals surface area contributed by atoms with Gasteiger partial charge in [0.05, 0.1) is 5.54 Å². The topological polar surface area (TPSA) is 63.4 Å². The zero-order valence-corrected chi connectivity index (χ0v) is 38.3. The molecule has 0 N–H and O–H groups in total. The fraction of sp³-hybridized carbons (Fsp3) is 0.0635. The molecule has 9 aromatic carbocycles. The molecule has 0 aliphatic carbocycles. The summed E-state index contributed by atoms with van der Waals surface area (Å²) in [6.07, 6.45) is 0. The Hall–Kier alpha value is -8.67. The maximum atomic E-state index is 5.28. The number of rotatable bonds is 11. The smallest absolute Gasteiger partial charge is 0.164 e. The molecule has 0 atom stereocenters. The molecule has 5 heteroatoms. The van der Waals surface area contributed by atoms with Crippen LogP contribution < -0.4 is 0 Å². The molecule has 10 rings (SSSR count). The molecule has 5 nitrogen and oxygen atoms in total. The number of aromatic nitrogens is 3. The molecule has 1 aromatic heterocycles. The van der Waals surface area contributed by atoms with E-state index in [0.29, 0.717) is 23.3 Å². The summed E-state index contributed by atoms with van der Waals surface area (Å²) < 4.78 is 0. The Morgan fingerprint density at radius 3 is 1.26 bits per heavy atom. The number of aliphatic imine (C=N–C) groups is 2. The van der Waals surface area contributed by atoms with Crippen molar-refractivity contribution in [1.29, 1.82) is 0 Å². The summed E-state index contributed by atoms with van der Waals surface area (Å²) in [4.78, 5) is 25.6. The number of hydrogen-bond acceptors (Lipinski definition) is 4. The molecule has 0 aliphatic rings. The fourth-order valence-corrected chi connectivity index (χ4v) is 8.60. The average molecular weight is 876 g/mol. The van der Waals surface area contributed by atoms with Gasteiger partial charge in [-0.05, 0) is 94.6 Å². The summed E-state index contributed by atoms with van der Waals surface area (Å²) in [5.74, 6) is 2.57. The standard InChI is InChI=1S/C63H49N5/c1-44(64-62(51-31-18-8-19-32-51)68-63(2,3)55-35-20-9-21-36-55)45-37-39-48(40-38-45)58-56(46-23-10-4-11-24-46)42-54(43-57(58)47-25-12-5-13-26-47)52-33-22-34-53(41-52)61-66-59(49-27-14-6-15-28-49)65-60(67-61)50-29-16-7-17-30-50/h4-43H,1-3H3. The van der Waals surface area contributed by atoms with Crippen LogP contribution in [0, 0.1) is 0 Å². The van der Waals surface area contributed by atoms with Crippen LogP contribution in [0.25, 0.3) is 78.7 Å². The van der Waals surface area contributed by atoms with E-state index in [-0.39, 0.29) is 0 Å². The second kappa shape index (κ2) is 19.4. The van der Waals surface area contributed by atoms with Crippen LogP contribution in [-0.2, 0) is 5.54 Å². The normalized spacial score (nSPS) is 11.9. The van der Waals surface area contributed by atoms with Crippen LogP contribution in [0.1, 0.15) is 37.5 Å². The lowest BCUT2D eigenvalue weighted by atomic mass is 9.84. The largest absolute Gasteiger partial charge is 0.255 e. The minimum absolute atomic E-state index is 0.486. The van der Waals surface area contributed by atoms with E-state index in [0.717, 1.165) is 83.6 Å². The van der Waals surface area contributed by atoms with Crippen LogP contribution in [-0.4, -0.2) is 26.5 Å². The van der Waals surface area contributed by atoms with E-state index >= 15 is 0 Å². The third-order valence-corrected chi connectivity index (χ3v) is 12.2. The zero-order chi connectivity index (χ0) is 46.3. The average Bonchev–Trinajstić information content (AvgIpc) is 3.41. The molecule has 0 amide bonds.